The summed E-state index contributed by atoms with van der Waals surface area (Å²) in [6.45, 7) is 1.05. The molecule has 12 heteroatoms. The predicted octanol–water partition coefficient (Wildman–Crippen LogP) is 4.32. The van der Waals surface area contributed by atoms with Crippen molar-refractivity contribution >= 4 is 18.2 Å². The first-order chi connectivity index (χ1) is 12.2. The molecule has 1 aromatic carbocycles. The van der Waals surface area contributed by atoms with E-state index in [-0.39, 0.29) is 35.0 Å². The fraction of sp³-hybridized carbons (Fsp3) is 0.375. The third-order valence-corrected chi connectivity index (χ3v) is 3.79. The maximum atomic E-state index is 12.8. The number of aromatic nitrogens is 2. The van der Waals surface area contributed by atoms with Crippen LogP contribution < -0.4 is 5.32 Å². The second-order valence-corrected chi connectivity index (χ2v) is 6.11. The van der Waals surface area contributed by atoms with E-state index in [1.807, 2.05) is 0 Å². The Morgan fingerprint density at radius 3 is 2.07 bits per heavy atom. The van der Waals surface area contributed by atoms with Crippen molar-refractivity contribution in [2.45, 2.75) is 31.8 Å². The van der Waals surface area contributed by atoms with E-state index >= 15 is 0 Å². The summed E-state index contributed by atoms with van der Waals surface area (Å²) in [7, 11) is 0. The van der Waals surface area contributed by atoms with Crippen molar-refractivity contribution < 1.29 is 36.6 Å². The molecule has 0 bridgehead atoms. The van der Waals surface area contributed by atoms with Gasteiger partial charge >= 0.3 is 12.4 Å². The smallest absolute Gasteiger partial charge is 0.418 e. The minimum atomic E-state index is -4.85. The van der Waals surface area contributed by atoms with Gasteiger partial charge in [0.1, 0.15) is 11.6 Å². The van der Waals surface area contributed by atoms with Crippen LogP contribution in [0, 0.1) is 6.92 Å². The van der Waals surface area contributed by atoms with Gasteiger partial charge < -0.3 is 15.5 Å². The van der Waals surface area contributed by atoms with Crippen LogP contribution in [0.5, 0.6) is 5.75 Å². The number of nitrogens with one attached hydrogen (secondary N) is 1. The molecule has 0 fully saturated rings. The average molecular weight is 432 g/mol. The van der Waals surface area contributed by atoms with Gasteiger partial charge in [-0.25, -0.2) is 0 Å². The second-order valence-electron chi connectivity index (χ2n) is 6.11. The van der Waals surface area contributed by atoms with Crippen LogP contribution in [0.25, 0.3) is 11.3 Å². The lowest BCUT2D eigenvalue weighted by Crippen LogP contribution is -2.47. The van der Waals surface area contributed by atoms with Crippen LogP contribution in [0.3, 0.4) is 0 Å². The molecule has 0 spiro atoms. The number of anilines is 1. The van der Waals surface area contributed by atoms with Gasteiger partial charge in [0.25, 0.3) is 0 Å². The van der Waals surface area contributed by atoms with Crippen LogP contribution in [0.15, 0.2) is 24.3 Å². The highest BCUT2D eigenvalue weighted by molar-refractivity contribution is 5.85. The molecule has 28 heavy (non-hydrogen) atoms. The molecule has 0 aliphatic carbocycles. The second kappa shape index (κ2) is 8.00. The molecule has 0 aliphatic heterocycles. The lowest BCUT2D eigenvalue weighted by molar-refractivity contribution is -0.246. The van der Waals surface area contributed by atoms with Gasteiger partial charge in [-0.1, -0.05) is 0 Å². The first-order valence-electron chi connectivity index (χ1n) is 7.50. The molecule has 156 valence electrons. The van der Waals surface area contributed by atoms with Gasteiger partial charge in [-0.3, -0.25) is 0 Å². The Hall–Kier alpha value is -2.27. The monoisotopic (exact) mass is 431 g/mol. The van der Waals surface area contributed by atoms with Crippen LogP contribution in [0.2, 0.25) is 0 Å². The number of aryl methyl sites for hydroxylation is 1. The van der Waals surface area contributed by atoms with Crippen molar-refractivity contribution in [2.24, 2.45) is 0 Å². The summed E-state index contributed by atoms with van der Waals surface area (Å²) >= 11 is 0. The fourth-order valence-electron chi connectivity index (χ4n) is 2.19. The Bertz CT molecular complexity index is 800. The molecule has 0 unspecified atom stereocenters. The van der Waals surface area contributed by atoms with Crippen LogP contribution in [0.1, 0.15) is 18.1 Å². The molecule has 1 aromatic heterocycles. The third-order valence-electron chi connectivity index (χ3n) is 3.79. The Morgan fingerprint density at radius 2 is 1.64 bits per heavy atom. The molecule has 1 atom stereocenters. The Morgan fingerprint density at radius 1 is 1.04 bits per heavy atom. The first kappa shape index (κ1) is 23.8. The first-order valence-corrected chi connectivity index (χ1v) is 7.50. The highest BCUT2D eigenvalue weighted by Crippen LogP contribution is 2.38. The maximum Gasteiger partial charge on any atom is 0.418 e. The zero-order chi connectivity index (χ0) is 20.6. The van der Waals surface area contributed by atoms with Gasteiger partial charge in [0.2, 0.25) is 0 Å². The third kappa shape index (κ3) is 5.16. The molecule has 2 rings (SSSR count). The molecular weight excluding hydrogens is 416 g/mol. The minimum Gasteiger partial charge on any atom is -0.507 e. The SMILES string of the molecule is Cc1cc(C(F)(F)F)cc(O)c1-c1ccc(NC[C@](C)(O)C(F)(F)F)nn1.Cl. The molecule has 0 aliphatic rings. The van der Waals surface area contributed by atoms with Gasteiger partial charge in [-0.2, -0.15) is 26.3 Å². The van der Waals surface area contributed by atoms with E-state index in [1.165, 1.54) is 19.1 Å². The van der Waals surface area contributed by atoms with E-state index in [2.05, 4.69) is 15.5 Å². The average Bonchev–Trinajstić information content (AvgIpc) is 2.51. The van der Waals surface area contributed by atoms with Gasteiger partial charge in [-0.15, -0.1) is 22.6 Å². The van der Waals surface area contributed by atoms with E-state index < -0.39 is 35.8 Å². The number of benzene rings is 1. The Kier molecular flexibility index (Phi) is 6.79. The zero-order valence-electron chi connectivity index (χ0n) is 14.5. The number of alkyl halides is 6. The normalized spacial score (nSPS) is 14.2. The van der Waals surface area contributed by atoms with Gasteiger partial charge in [0, 0.05) is 5.56 Å². The number of phenolic OH excluding ortho intramolecular Hbond substituents is 1. The minimum absolute atomic E-state index is 0. The summed E-state index contributed by atoms with van der Waals surface area (Å²) < 4.78 is 76.0. The van der Waals surface area contributed by atoms with Crippen molar-refractivity contribution in [1.29, 1.82) is 0 Å². The largest absolute Gasteiger partial charge is 0.507 e. The molecule has 0 radical (unpaired) electrons. The van der Waals surface area contributed by atoms with Gasteiger partial charge in [0.05, 0.1) is 17.8 Å². The molecule has 2 aromatic rings. The van der Waals surface area contributed by atoms with E-state index in [4.69, 9.17) is 0 Å². The van der Waals surface area contributed by atoms with Crippen LogP contribution >= 0.6 is 12.4 Å². The number of halogens is 7. The number of aromatic hydroxyl groups is 1. The standard InChI is InChI=1S/C16H15F6N3O2.ClH/c1-8-5-9(15(17,18)19)6-11(26)13(8)10-3-4-12(25-24-10)23-7-14(2,27)16(20,21)22;/h3-6,26-27H,7H2,1-2H3,(H,23,25);1H/t14-;/m0./s1. The van der Waals surface area contributed by atoms with Crippen LogP contribution in [-0.2, 0) is 6.18 Å². The number of phenols is 1. The Balaban J connectivity index is 0.00000392. The summed E-state index contributed by atoms with van der Waals surface area (Å²) in [6, 6.07) is 3.89. The van der Waals surface area contributed by atoms with E-state index in [1.54, 1.807) is 0 Å². The molecule has 0 amide bonds. The topological polar surface area (TPSA) is 78.3 Å². The fourth-order valence-corrected chi connectivity index (χ4v) is 2.19. The number of aliphatic hydroxyl groups is 1. The number of nitrogens with zero attached hydrogens (tertiary/aromatic N) is 2. The highest BCUT2D eigenvalue weighted by atomic mass is 35.5. The Labute approximate surface area is 161 Å². The molecule has 3 N–H and O–H groups in total. The van der Waals surface area contributed by atoms with Gasteiger partial charge in [-0.05, 0) is 43.7 Å². The predicted molar refractivity (Wildman–Crippen MR) is 91.3 cm³/mol. The van der Waals surface area contributed by atoms with E-state index in [0.29, 0.717) is 13.0 Å². The number of rotatable bonds is 4. The number of hydrogen-bond acceptors (Lipinski definition) is 5. The quantitative estimate of drug-likeness (QED) is 0.628. The summed E-state index contributed by atoms with van der Waals surface area (Å²) in [4.78, 5) is 0. The van der Waals surface area contributed by atoms with Crippen molar-refractivity contribution in [3.8, 4) is 17.0 Å². The lowest BCUT2D eigenvalue weighted by atomic mass is 10.0. The molecular formula is C16H16ClF6N3O2. The summed E-state index contributed by atoms with van der Waals surface area (Å²) in [6.07, 6.45) is -9.48. The van der Waals surface area contributed by atoms with Crippen molar-refractivity contribution in [2.75, 3.05) is 11.9 Å². The molecule has 5 nitrogen and oxygen atoms in total. The summed E-state index contributed by atoms with van der Waals surface area (Å²) in [5.41, 5.74) is -3.87. The van der Waals surface area contributed by atoms with Crippen molar-refractivity contribution in [1.82, 2.24) is 10.2 Å². The van der Waals surface area contributed by atoms with Crippen molar-refractivity contribution in [3.63, 3.8) is 0 Å². The summed E-state index contributed by atoms with van der Waals surface area (Å²) in [5, 5.41) is 28.9. The van der Waals surface area contributed by atoms with Crippen LogP contribution in [0.4, 0.5) is 32.2 Å². The number of hydrogen-bond donors (Lipinski definition) is 3. The molecule has 0 saturated heterocycles. The van der Waals surface area contributed by atoms with E-state index in [0.717, 1.165) is 6.07 Å². The zero-order valence-corrected chi connectivity index (χ0v) is 15.3. The van der Waals surface area contributed by atoms with Crippen LogP contribution in [-0.4, -0.2) is 38.7 Å². The van der Waals surface area contributed by atoms with Crippen molar-refractivity contribution in [3.05, 3.63) is 35.4 Å². The lowest BCUT2D eigenvalue weighted by Gasteiger charge is -2.26. The maximum absolute atomic E-state index is 12.8. The summed E-state index contributed by atoms with van der Waals surface area (Å²) in [5.74, 6) is -0.746. The van der Waals surface area contributed by atoms with E-state index in [9.17, 15) is 36.6 Å². The molecule has 0 saturated carbocycles. The highest BCUT2D eigenvalue weighted by Gasteiger charge is 2.49. The van der Waals surface area contributed by atoms with Gasteiger partial charge in [0.15, 0.2) is 5.60 Å². The molecule has 1 heterocycles.